The molecule has 0 aromatic heterocycles. The van der Waals surface area contributed by atoms with Gasteiger partial charge in [-0.3, -0.25) is 0 Å². The predicted molar refractivity (Wildman–Crippen MR) is 77.5 cm³/mol. The van der Waals surface area contributed by atoms with Crippen LogP contribution in [0.3, 0.4) is 0 Å². The van der Waals surface area contributed by atoms with E-state index in [9.17, 15) is 4.89 Å². The molecule has 0 amide bonds. The van der Waals surface area contributed by atoms with Gasteiger partial charge in [0.15, 0.2) is 8.38 Å². The van der Waals surface area contributed by atoms with Crippen molar-refractivity contribution >= 4 is 8.38 Å². The van der Waals surface area contributed by atoms with E-state index in [1.165, 1.54) is 57.8 Å². The molecule has 0 bridgehead atoms. The molecule has 1 atom stereocenters. The maximum atomic E-state index is 9.41. The molecule has 0 saturated carbocycles. The minimum Gasteiger partial charge on any atom is -0.350 e. The average molecular weight is 262 g/mol. The van der Waals surface area contributed by atoms with E-state index in [4.69, 9.17) is 4.52 Å². The Balaban J connectivity index is 2.98. The molecule has 3 heteroatoms. The molecule has 0 radical (unpaired) electrons. The smallest absolute Gasteiger partial charge is 0.167 e. The van der Waals surface area contributed by atoms with Crippen LogP contribution in [-0.2, 0) is 4.52 Å². The number of hydrogen-bond donors (Lipinski definition) is 1. The van der Waals surface area contributed by atoms with E-state index < -0.39 is 8.38 Å². The summed E-state index contributed by atoms with van der Waals surface area (Å²) in [6, 6.07) is 0. The highest BCUT2D eigenvalue weighted by atomic mass is 31.2. The first-order valence-electron chi connectivity index (χ1n) is 7.40. The van der Waals surface area contributed by atoms with Gasteiger partial charge in [-0.15, -0.1) is 0 Å². The minimum atomic E-state index is -1.12. The van der Waals surface area contributed by atoms with Crippen LogP contribution in [0.15, 0.2) is 0 Å². The van der Waals surface area contributed by atoms with E-state index >= 15 is 0 Å². The van der Waals surface area contributed by atoms with Crippen molar-refractivity contribution in [3.63, 3.8) is 0 Å². The third-order valence-corrected chi connectivity index (χ3v) is 4.24. The van der Waals surface area contributed by atoms with Crippen molar-refractivity contribution in [2.24, 2.45) is 0 Å². The minimum absolute atomic E-state index is 0.639. The summed E-state index contributed by atoms with van der Waals surface area (Å²) in [7, 11) is -1.12. The molecule has 0 aliphatic rings. The quantitative estimate of drug-likeness (QED) is 0.363. The van der Waals surface area contributed by atoms with Gasteiger partial charge >= 0.3 is 0 Å². The molecule has 0 saturated heterocycles. The first-order valence-corrected chi connectivity index (χ1v) is 8.80. The zero-order valence-electron chi connectivity index (χ0n) is 11.8. The monoisotopic (exact) mass is 262 g/mol. The Hall–Kier alpha value is 0.350. The molecule has 104 valence electrons. The number of hydrogen-bond acceptors (Lipinski definition) is 2. The molecular formula is C14H31O2P. The van der Waals surface area contributed by atoms with E-state index in [0.717, 1.165) is 12.6 Å². The van der Waals surface area contributed by atoms with Crippen molar-refractivity contribution in [3.05, 3.63) is 0 Å². The lowest BCUT2D eigenvalue weighted by atomic mass is 10.1. The normalized spacial score (nSPS) is 12.9. The predicted octanol–water partition coefficient (Wildman–Crippen LogP) is 5.25. The molecule has 0 rings (SSSR count). The molecule has 0 aromatic carbocycles. The zero-order valence-corrected chi connectivity index (χ0v) is 12.7. The highest BCUT2D eigenvalue weighted by molar-refractivity contribution is 7.46. The molecule has 2 nitrogen and oxygen atoms in total. The number of unbranched alkanes of at least 4 members (excludes halogenated alkanes) is 9. The van der Waals surface area contributed by atoms with E-state index in [1.807, 2.05) is 6.92 Å². The van der Waals surface area contributed by atoms with Crippen LogP contribution in [0.1, 0.15) is 78.1 Å². The Morgan fingerprint density at radius 1 is 0.765 bits per heavy atom. The molecule has 1 unspecified atom stereocenters. The first-order chi connectivity index (χ1) is 8.31. The van der Waals surface area contributed by atoms with E-state index in [0.29, 0.717) is 6.61 Å². The highest BCUT2D eigenvalue weighted by Crippen LogP contribution is 2.32. The lowest BCUT2D eigenvalue weighted by Crippen LogP contribution is -1.90. The summed E-state index contributed by atoms with van der Waals surface area (Å²) >= 11 is 0. The standard InChI is InChI=1S/C14H31O2P/c1-3-5-6-7-8-9-10-11-12-13-14-17(15)16-4-2/h15H,3-14H2,1-2H3. The van der Waals surface area contributed by atoms with Crippen molar-refractivity contribution in [3.8, 4) is 0 Å². The van der Waals surface area contributed by atoms with E-state index in [1.54, 1.807) is 0 Å². The second kappa shape index (κ2) is 14.4. The summed E-state index contributed by atoms with van der Waals surface area (Å²) in [5.41, 5.74) is 0. The fraction of sp³-hybridized carbons (Fsp3) is 1.00. The van der Waals surface area contributed by atoms with Gasteiger partial charge in [0.1, 0.15) is 0 Å². The van der Waals surface area contributed by atoms with Crippen LogP contribution in [0.2, 0.25) is 0 Å². The fourth-order valence-electron chi connectivity index (χ4n) is 1.95. The van der Waals surface area contributed by atoms with E-state index in [-0.39, 0.29) is 0 Å². The maximum absolute atomic E-state index is 9.41. The summed E-state index contributed by atoms with van der Waals surface area (Å²) < 4.78 is 5.14. The molecule has 0 aromatic rings. The van der Waals surface area contributed by atoms with Crippen molar-refractivity contribution < 1.29 is 9.42 Å². The Morgan fingerprint density at radius 2 is 1.24 bits per heavy atom. The Bertz CT molecular complexity index is 142. The number of rotatable bonds is 13. The van der Waals surface area contributed by atoms with Gasteiger partial charge in [-0.1, -0.05) is 64.7 Å². The van der Waals surface area contributed by atoms with Crippen LogP contribution >= 0.6 is 8.38 Å². The molecule has 0 heterocycles. The average Bonchev–Trinajstić information content (AvgIpc) is 2.32. The lowest BCUT2D eigenvalue weighted by molar-refractivity contribution is 0.328. The Labute approximate surface area is 109 Å². The van der Waals surface area contributed by atoms with Gasteiger partial charge in [-0.2, -0.15) is 0 Å². The van der Waals surface area contributed by atoms with Gasteiger partial charge in [0.2, 0.25) is 0 Å². The molecule has 0 aliphatic heterocycles. The molecular weight excluding hydrogens is 231 g/mol. The van der Waals surface area contributed by atoms with Crippen LogP contribution in [0, 0.1) is 0 Å². The summed E-state index contributed by atoms with van der Waals surface area (Å²) in [5, 5.41) is 0. The van der Waals surface area contributed by atoms with Gasteiger partial charge in [-0.05, 0) is 13.3 Å². The van der Waals surface area contributed by atoms with Crippen LogP contribution in [0.4, 0.5) is 0 Å². The second-order valence-electron chi connectivity index (χ2n) is 4.68. The molecule has 0 spiro atoms. The Kier molecular flexibility index (Phi) is 14.7. The second-order valence-corrected chi connectivity index (χ2v) is 6.09. The molecule has 0 aliphatic carbocycles. The van der Waals surface area contributed by atoms with Gasteiger partial charge < -0.3 is 9.42 Å². The fourth-order valence-corrected chi connectivity index (χ4v) is 2.87. The van der Waals surface area contributed by atoms with E-state index in [2.05, 4.69) is 6.92 Å². The van der Waals surface area contributed by atoms with Crippen LogP contribution in [0.25, 0.3) is 0 Å². The maximum Gasteiger partial charge on any atom is 0.167 e. The highest BCUT2D eigenvalue weighted by Gasteiger charge is 2.02. The van der Waals surface area contributed by atoms with Gasteiger partial charge in [0.05, 0.1) is 6.61 Å². The summed E-state index contributed by atoms with van der Waals surface area (Å²) in [6.45, 7) is 4.84. The topological polar surface area (TPSA) is 29.5 Å². The molecule has 1 N–H and O–H groups in total. The van der Waals surface area contributed by atoms with Crippen LogP contribution in [0.5, 0.6) is 0 Å². The lowest BCUT2D eigenvalue weighted by Gasteiger charge is -2.08. The van der Waals surface area contributed by atoms with Gasteiger partial charge in [-0.25, -0.2) is 0 Å². The van der Waals surface area contributed by atoms with Crippen molar-refractivity contribution in [1.82, 2.24) is 0 Å². The summed E-state index contributed by atoms with van der Waals surface area (Å²) in [4.78, 5) is 9.41. The van der Waals surface area contributed by atoms with Crippen molar-refractivity contribution in [2.75, 3.05) is 12.8 Å². The van der Waals surface area contributed by atoms with Gasteiger partial charge in [0, 0.05) is 6.16 Å². The zero-order chi connectivity index (χ0) is 12.8. The Morgan fingerprint density at radius 3 is 1.71 bits per heavy atom. The molecule has 17 heavy (non-hydrogen) atoms. The third-order valence-electron chi connectivity index (χ3n) is 2.98. The van der Waals surface area contributed by atoms with Gasteiger partial charge in [0.25, 0.3) is 0 Å². The van der Waals surface area contributed by atoms with Crippen LogP contribution in [-0.4, -0.2) is 17.7 Å². The summed E-state index contributed by atoms with van der Waals surface area (Å²) in [5.74, 6) is 0. The molecule has 0 fully saturated rings. The van der Waals surface area contributed by atoms with Crippen molar-refractivity contribution in [2.45, 2.75) is 78.1 Å². The van der Waals surface area contributed by atoms with Crippen molar-refractivity contribution in [1.29, 1.82) is 0 Å². The SMILES string of the molecule is CCCCCCCCCCCCP(O)OCC. The third kappa shape index (κ3) is 14.3. The van der Waals surface area contributed by atoms with Crippen LogP contribution < -0.4 is 0 Å². The largest absolute Gasteiger partial charge is 0.350 e. The summed E-state index contributed by atoms with van der Waals surface area (Å²) in [6.07, 6.45) is 14.3. The first kappa shape index (κ1) is 17.4.